The van der Waals surface area contributed by atoms with Crippen molar-refractivity contribution in [2.24, 2.45) is 11.8 Å². The van der Waals surface area contributed by atoms with Gasteiger partial charge in [0.2, 0.25) is 0 Å². The van der Waals surface area contributed by atoms with Crippen LogP contribution in [0.3, 0.4) is 0 Å². The van der Waals surface area contributed by atoms with Crippen LogP contribution in [0.1, 0.15) is 49.2 Å². The van der Waals surface area contributed by atoms with Crippen LogP contribution in [0.4, 0.5) is 5.82 Å². The zero-order valence-electron chi connectivity index (χ0n) is 12.2. The third-order valence-corrected chi connectivity index (χ3v) is 3.76. The van der Waals surface area contributed by atoms with Crippen molar-refractivity contribution >= 4 is 11.7 Å². The van der Waals surface area contributed by atoms with Crippen LogP contribution in [0.25, 0.3) is 0 Å². The molecule has 1 fully saturated rings. The quantitative estimate of drug-likeness (QED) is 0.856. The van der Waals surface area contributed by atoms with E-state index < -0.39 is 0 Å². The summed E-state index contributed by atoms with van der Waals surface area (Å²) in [5, 5.41) is 6.02. The van der Waals surface area contributed by atoms with Crippen LogP contribution in [0.2, 0.25) is 0 Å². The predicted molar refractivity (Wildman–Crippen MR) is 77.5 cm³/mol. The minimum Gasteiger partial charge on any atom is -0.373 e. The Balaban J connectivity index is 2.08. The highest BCUT2D eigenvalue weighted by molar-refractivity contribution is 5.95. The molecule has 19 heavy (non-hydrogen) atoms. The highest BCUT2D eigenvalue weighted by Crippen LogP contribution is 2.36. The molecule has 0 bridgehead atoms. The van der Waals surface area contributed by atoms with Gasteiger partial charge in [-0.15, -0.1) is 0 Å². The number of aromatic nitrogens is 1. The van der Waals surface area contributed by atoms with Crippen molar-refractivity contribution in [3.63, 3.8) is 0 Å². The summed E-state index contributed by atoms with van der Waals surface area (Å²) in [7, 11) is 1.82. The first-order valence-electron chi connectivity index (χ1n) is 6.99. The predicted octanol–water partition coefficient (Wildman–Crippen LogP) is 2.63. The third kappa shape index (κ3) is 3.46. The zero-order chi connectivity index (χ0) is 14.0. The van der Waals surface area contributed by atoms with E-state index in [1.807, 2.05) is 13.1 Å². The highest BCUT2D eigenvalue weighted by atomic mass is 16.1. The number of anilines is 1. The molecule has 1 heterocycles. The Morgan fingerprint density at radius 2 is 2.16 bits per heavy atom. The number of pyridine rings is 1. The van der Waals surface area contributed by atoms with Gasteiger partial charge in [0.05, 0.1) is 0 Å². The van der Waals surface area contributed by atoms with Crippen molar-refractivity contribution < 1.29 is 4.79 Å². The van der Waals surface area contributed by atoms with Gasteiger partial charge in [-0.3, -0.25) is 4.79 Å². The Morgan fingerprint density at radius 3 is 2.68 bits per heavy atom. The number of carbonyl (C=O) groups excluding carboxylic acids is 1. The number of rotatable bonds is 5. The second kappa shape index (κ2) is 5.59. The van der Waals surface area contributed by atoms with Gasteiger partial charge in [-0.1, -0.05) is 20.8 Å². The first-order chi connectivity index (χ1) is 9.01. The van der Waals surface area contributed by atoms with Crippen LogP contribution in [0.15, 0.2) is 12.1 Å². The molecule has 1 saturated carbocycles. The van der Waals surface area contributed by atoms with E-state index in [1.54, 1.807) is 6.07 Å². The molecule has 1 aliphatic rings. The summed E-state index contributed by atoms with van der Waals surface area (Å²) < 4.78 is 0. The van der Waals surface area contributed by atoms with Gasteiger partial charge in [-0.25, -0.2) is 4.98 Å². The first-order valence-corrected chi connectivity index (χ1v) is 6.99. The van der Waals surface area contributed by atoms with Gasteiger partial charge in [0, 0.05) is 24.8 Å². The molecule has 2 unspecified atom stereocenters. The normalized spacial score (nSPS) is 21.3. The van der Waals surface area contributed by atoms with Crippen molar-refractivity contribution in [1.82, 2.24) is 10.3 Å². The maximum atomic E-state index is 12.2. The third-order valence-electron chi connectivity index (χ3n) is 3.76. The molecule has 1 aliphatic carbocycles. The van der Waals surface area contributed by atoms with Gasteiger partial charge in [0.15, 0.2) is 0 Å². The summed E-state index contributed by atoms with van der Waals surface area (Å²) in [4.78, 5) is 16.6. The molecule has 1 amide bonds. The Kier molecular flexibility index (Phi) is 4.08. The SMILES string of the molecule is CNc1cc(C(=O)NCC2CC2C)cc(C(C)C)n1. The molecule has 0 saturated heterocycles. The van der Waals surface area contributed by atoms with Crippen LogP contribution >= 0.6 is 0 Å². The number of carbonyl (C=O) groups is 1. The lowest BCUT2D eigenvalue weighted by Gasteiger charge is -2.11. The number of amides is 1. The zero-order valence-corrected chi connectivity index (χ0v) is 12.2. The van der Waals surface area contributed by atoms with Gasteiger partial charge in [-0.2, -0.15) is 0 Å². The molecule has 0 radical (unpaired) electrons. The molecule has 2 atom stereocenters. The van der Waals surface area contributed by atoms with E-state index >= 15 is 0 Å². The monoisotopic (exact) mass is 261 g/mol. The van der Waals surface area contributed by atoms with Crippen molar-refractivity contribution in [3.8, 4) is 0 Å². The largest absolute Gasteiger partial charge is 0.373 e. The maximum absolute atomic E-state index is 12.2. The molecule has 1 aromatic heterocycles. The van der Waals surface area contributed by atoms with Gasteiger partial charge in [-0.05, 0) is 36.3 Å². The fourth-order valence-electron chi connectivity index (χ4n) is 2.12. The highest BCUT2D eigenvalue weighted by Gasteiger charge is 2.32. The second-order valence-corrected chi connectivity index (χ2v) is 5.75. The van der Waals surface area contributed by atoms with Gasteiger partial charge >= 0.3 is 0 Å². The molecule has 4 nitrogen and oxygen atoms in total. The van der Waals surface area contributed by atoms with Crippen LogP contribution < -0.4 is 10.6 Å². The molecule has 2 N–H and O–H groups in total. The van der Waals surface area contributed by atoms with Crippen molar-refractivity contribution in [2.45, 2.75) is 33.1 Å². The van der Waals surface area contributed by atoms with E-state index in [0.29, 0.717) is 17.4 Å². The molecular formula is C15H23N3O. The standard InChI is InChI=1S/C15H23N3O/c1-9(2)13-6-11(7-14(16-4)18-13)15(19)17-8-12-5-10(12)3/h6-7,9-10,12H,5,8H2,1-4H3,(H,16,18)(H,17,19). The molecule has 0 spiro atoms. The van der Waals surface area contributed by atoms with Crippen LogP contribution in [-0.4, -0.2) is 24.5 Å². The number of nitrogens with zero attached hydrogens (tertiary/aromatic N) is 1. The molecule has 0 aliphatic heterocycles. The molecular weight excluding hydrogens is 238 g/mol. The van der Waals surface area contributed by atoms with Gasteiger partial charge in [0.1, 0.15) is 5.82 Å². The Hall–Kier alpha value is -1.58. The van der Waals surface area contributed by atoms with Crippen molar-refractivity contribution in [1.29, 1.82) is 0 Å². The Bertz CT molecular complexity index is 470. The summed E-state index contributed by atoms with van der Waals surface area (Å²) >= 11 is 0. The second-order valence-electron chi connectivity index (χ2n) is 5.75. The molecule has 1 aromatic rings. The van der Waals surface area contributed by atoms with Gasteiger partial charge in [0.25, 0.3) is 5.91 Å². The van der Waals surface area contributed by atoms with Crippen LogP contribution in [0.5, 0.6) is 0 Å². The molecule has 2 rings (SSSR count). The number of hydrogen-bond donors (Lipinski definition) is 2. The van der Waals surface area contributed by atoms with E-state index in [-0.39, 0.29) is 5.91 Å². The summed E-state index contributed by atoms with van der Waals surface area (Å²) in [5.41, 5.74) is 1.63. The van der Waals surface area contributed by atoms with Gasteiger partial charge < -0.3 is 10.6 Å². The first kappa shape index (κ1) is 13.8. The van der Waals surface area contributed by atoms with Crippen LogP contribution in [-0.2, 0) is 0 Å². The van der Waals surface area contributed by atoms with E-state index in [2.05, 4.69) is 36.4 Å². The fourth-order valence-corrected chi connectivity index (χ4v) is 2.12. The average Bonchev–Trinajstić information content (AvgIpc) is 3.11. The lowest BCUT2D eigenvalue weighted by atomic mass is 10.1. The topological polar surface area (TPSA) is 54.0 Å². The Morgan fingerprint density at radius 1 is 1.47 bits per heavy atom. The lowest BCUT2D eigenvalue weighted by Crippen LogP contribution is -2.26. The van der Waals surface area contributed by atoms with E-state index in [0.717, 1.165) is 24.0 Å². The van der Waals surface area contributed by atoms with E-state index in [4.69, 9.17) is 0 Å². The number of nitrogens with one attached hydrogen (secondary N) is 2. The Labute approximate surface area is 115 Å². The van der Waals surface area contributed by atoms with Crippen molar-refractivity contribution in [3.05, 3.63) is 23.4 Å². The molecule has 4 heteroatoms. The maximum Gasteiger partial charge on any atom is 0.251 e. The minimum absolute atomic E-state index is 0.0000926. The van der Waals surface area contributed by atoms with E-state index in [1.165, 1.54) is 6.42 Å². The summed E-state index contributed by atoms with van der Waals surface area (Å²) in [6.07, 6.45) is 1.23. The average molecular weight is 261 g/mol. The van der Waals surface area contributed by atoms with E-state index in [9.17, 15) is 4.79 Å². The summed E-state index contributed by atoms with van der Waals surface area (Å²) in [5.74, 6) is 2.48. The summed E-state index contributed by atoms with van der Waals surface area (Å²) in [6.45, 7) is 7.16. The smallest absolute Gasteiger partial charge is 0.251 e. The lowest BCUT2D eigenvalue weighted by molar-refractivity contribution is 0.0951. The fraction of sp³-hybridized carbons (Fsp3) is 0.600. The minimum atomic E-state index is -0.0000926. The van der Waals surface area contributed by atoms with Crippen molar-refractivity contribution in [2.75, 3.05) is 18.9 Å². The number of hydrogen-bond acceptors (Lipinski definition) is 3. The molecule has 0 aromatic carbocycles. The summed E-state index contributed by atoms with van der Waals surface area (Å²) in [6, 6.07) is 3.69. The molecule has 104 valence electrons. The van der Waals surface area contributed by atoms with Crippen LogP contribution in [0, 0.1) is 11.8 Å².